The molecule has 0 bridgehead atoms. The van der Waals surface area contributed by atoms with Crippen LogP contribution in [0.2, 0.25) is 0 Å². The van der Waals surface area contributed by atoms with Gasteiger partial charge >= 0.3 is 5.97 Å². The molecule has 1 saturated heterocycles. The number of rotatable bonds is 5. The summed E-state index contributed by atoms with van der Waals surface area (Å²) in [5.41, 5.74) is 2.26. The van der Waals surface area contributed by atoms with Gasteiger partial charge in [-0.1, -0.05) is 13.8 Å². The first-order chi connectivity index (χ1) is 11.9. The van der Waals surface area contributed by atoms with Crippen LogP contribution >= 0.6 is 0 Å². The normalized spacial score (nSPS) is 20.3. The Morgan fingerprint density at radius 1 is 1.40 bits per heavy atom. The van der Waals surface area contributed by atoms with E-state index in [0.717, 1.165) is 29.9 Å². The summed E-state index contributed by atoms with van der Waals surface area (Å²) in [4.78, 5) is 18.9. The van der Waals surface area contributed by atoms with Crippen molar-refractivity contribution < 1.29 is 14.6 Å². The molecule has 1 aromatic carbocycles. The summed E-state index contributed by atoms with van der Waals surface area (Å²) in [5, 5.41) is 10.2. The molecule has 2 aromatic rings. The lowest BCUT2D eigenvalue weighted by atomic mass is 9.90. The number of carbonyl (C=O) groups is 1. The highest BCUT2D eigenvalue weighted by Crippen LogP contribution is 2.30. The lowest BCUT2D eigenvalue weighted by molar-refractivity contribution is 0.0526. The first kappa shape index (κ1) is 17.9. The monoisotopic (exact) mass is 345 g/mol. The van der Waals surface area contributed by atoms with Crippen LogP contribution in [0.1, 0.15) is 43.9 Å². The Morgan fingerprint density at radius 2 is 2.16 bits per heavy atom. The molecular weight excluding hydrogens is 318 g/mol. The Hall–Kier alpha value is -1.92. The number of fused-ring (bicyclic) bond motifs is 1. The van der Waals surface area contributed by atoms with E-state index in [9.17, 15) is 9.90 Å². The number of imidazole rings is 1. The van der Waals surface area contributed by atoms with Gasteiger partial charge in [-0.25, -0.2) is 9.78 Å². The van der Waals surface area contributed by atoms with Gasteiger partial charge in [-0.05, 0) is 32.0 Å². The van der Waals surface area contributed by atoms with E-state index < -0.39 is 0 Å². The molecule has 1 unspecified atom stereocenters. The van der Waals surface area contributed by atoms with E-state index in [1.165, 1.54) is 0 Å². The predicted octanol–water partition coefficient (Wildman–Crippen LogP) is 2.44. The molecule has 0 amide bonds. The molecule has 1 N–H and O–H groups in total. The topological polar surface area (TPSA) is 67.6 Å². The van der Waals surface area contributed by atoms with Crippen LogP contribution < -0.4 is 0 Å². The Labute approximate surface area is 148 Å². The van der Waals surface area contributed by atoms with E-state index in [4.69, 9.17) is 9.72 Å². The minimum Gasteiger partial charge on any atom is -0.462 e. The van der Waals surface area contributed by atoms with E-state index in [-0.39, 0.29) is 17.5 Å². The van der Waals surface area contributed by atoms with Gasteiger partial charge in [-0.2, -0.15) is 0 Å². The lowest BCUT2D eigenvalue weighted by Gasteiger charge is -2.21. The average Bonchev–Trinajstić information content (AvgIpc) is 3.02. The van der Waals surface area contributed by atoms with Crippen LogP contribution in [0.15, 0.2) is 18.2 Å². The van der Waals surface area contributed by atoms with Gasteiger partial charge < -0.3 is 14.4 Å². The van der Waals surface area contributed by atoms with Crippen molar-refractivity contribution in [3.05, 3.63) is 29.6 Å². The van der Waals surface area contributed by atoms with Gasteiger partial charge in [0.25, 0.3) is 0 Å². The van der Waals surface area contributed by atoms with Gasteiger partial charge in [0.15, 0.2) is 0 Å². The molecule has 0 aliphatic carbocycles. The fourth-order valence-electron chi connectivity index (χ4n) is 3.55. The number of aliphatic hydroxyl groups is 1. The number of ether oxygens (including phenoxy) is 1. The third kappa shape index (κ3) is 3.41. The molecule has 25 heavy (non-hydrogen) atoms. The van der Waals surface area contributed by atoms with Crippen molar-refractivity contribution in [2.75, 3.05) is 19.7 Å². The largest absolute Gasteiger partial charge is 0.462 e. The van der Waals surface area contributed by atoms with Crippen molar-refractivity contribution in [2.45, 2.75) is 46.9 Å². The number of nitrogens with zero attached hydrogens (tertiary/aromatic N) is 3. The molecule has 1 aliphatic rings. The van der Waals surface area contributed by atoms with Crippen molar-refractivity contribution in [2.24, 2.45) is 5.41 Å². The zero-order chi connectivity index (χ0) is 18.2. The highest BCUT2D eigenvalue weighted by atomic mass is 16.5. The number of benzene rings is 1. The molecule has 3 rings (SSSR count). The highest BCUT2D eigenvalue weighted by molar-refractivity contribution is 5.93. The van der Waals surface area contributed by atoms with Crippen molar-refractivity contribution in [1.29, 1.82) is 0 Å². The summed E-state index contributed by atoms with van der Waals surface area (Å²) >= 11 is 0. The van der Waals surface area contributed by atoms with E-state index >= 15 is 0 Å². The molecular formula is C19H27N3O3. The molecule has 0 saturated carbocycles. The van der Waals surface area contributed by atoms with Crippen LogP contribution in [0.5, 0.6) is 0 Å². The molecule has 0 spiro atoms. The molecule has 1 fully saturated rings. The van der Waals surface area contributed by atoms with Gasteiger partial charge in [0.1, 0.15) is 5.82 Å². The molecule has 0 radical (unpaired) electrons. The van der Waals surface area contributed by atoms with E-state index in [2.05, 4.69) is 30.2 Å². The van der Waals surface area contributed by atoms with Crippen LogP contribution in [0.3, 0.4) is 0 Å². The fourth-order valence-corrected chi connectivity index (χ4v) is 3.55. The van der Waals surface area contributed by atoms with Gasteiger partial charge in [-0.15, -0.1) is 0 Å². The Balaban J connectivity index is 1.89. The standard InChI is InChI=1S/C19H27N3O3/c1-5-22-15-8-7-13(18(24)25-6-2)9-14(15)20-17(22)11-21-10-16(23)19(3,4)12-21/h7-9,16,23H,5-6,10-12H2,1-4H3. The van der Waals surface area contributed by atoms with Crippen molar-refractivity contribution in [1.82, 2.24) is 14.5 Å². The van der Waals surface area contributed by atoms with E-state index in [0.29, 0.717) is 25.3 Å². The highest BCUT2D eigenvalue weighted by Gasteiger charge is 2.38. The van der Waals surface area contributed by atoms with Gasteiger partial charge in [0, 0.05) is 25.0 Å². The minimum absolute atomic E-state index is 0.0971. The second-order valence-electron chi connectivity index (χ2n) is 7.37. The summed E-state index contributed by atoms with van der Waals surface area (Å²) in [6, 6.07) is 5.52. The molecule has 136 valence electrons. The first-order valence-electron chi connectivity index (χ1n) is 8.92. The number of hydrogen-bond donors (Lipinski definition) is 1. The fraction of sp³-hybridized carbons (Fsp3) is 0.579. The van der Waals surface area contributed by atoms with Crippen molar-refractivity contribution in [3.8, 4) is 0 Å². The first-order valence-corrected chi connectivity index (χ1v) is 8.92. The smallest absolute Gasteiger partial charge is 0.338 e. The van der Waals surface area contributed by atoms with Crippen LogP contribution in [0.4, 0.5) is 0 Å². The molecule has 1 aliphatic heterocycles. The number of aromatic nitrogens is 2. The second-order valence-corrected chi connectivity index (χ2v) is 7.37. The third-order valence-electron chi connectivity index (χ3n) is 4.98. The summed E-state index contributed by atoms with van der Waals surface area (Å²) in [6.45, 7) is 11.4. The quantitative estimate of drug-likeness (QED) is 0.843. The maximum Gasteiger partial charge on any atom is 0.338 e. The van der Waals surface area contributed by atoms with Gasteiger partial charge in [0.2, 0.25) is 0 Å². The van der Waals surface area contributed by atoms with Crippen molar-refractivity contribution >= 4 is 17.0 Å². The Bertz CT molecular complexity index is 782. The summed E-state index contributed by atoms with van der Waals surface area (Å²) < 4.78 is 7.24. The SMILES string of the molecule is CCOC(=O)c1ccc2c(c1)nc(CN1CC(O)C(C)(C)C1)n2CC. The van der Waals surface area contributed by atoms with E-state index in [1.807, 2.05) is 6.07 Å². The Kier molecular flexibility index (Phi) is 4.84. The number of β-amino-alcohol motifs (C(OH)–C–C–N with tert-alkyl or cyclic N) is 1. The van der Waals surface area contributed by atoms with E-state index in [1.54, 1.807) is 19.1 Å². The van der Waals surface area contributed by atoms with Gasteiger partial charge in [-0.3, -0.25) is 4.90 Å². The third-order valence-corrected chi connectivity index (χ3v) is 4.98. The number of aliphatic hydroxyl groups excluding tert-OH is 1. The minimum atomic E-state index is -0.318. The number of hydrogen-bond acceptors (Lipinski definition) is 5. The average molecular weight is 345 g/mol. The summed E-state index contributed by atoms with van der Waals surface area (Å²) in [6.07, 6.45) is -0.317. The maximum absolute atomic E-state index is 11.9. The van der Waals surface area contributed by atoms with Crippen LogP contribution in [0.25, 0.3) is 11.0 Å². The number of aryl methyl sites for hydroxylation is 1. The second kappa shape index (κ2) is 6.77. The molecule has 1 aromatic heterocycles. The number of esters is 1. The number of likely N-dealkylation sites (tertiary alicyclic amines) is 1. The van der Waals surface area contributed by atoms with Gasteiger partial charge in [0.05, 0.1) is 35.9 Å². The Morgan fingerprint density at radius 3 is 2.76 bits per heavy atom. The van der Waals surface area contributed by atoms with Crippen LogP contribution in [-0.2, 0) is 17.8 Å². The maximum atomic E-state index is 11.9. The summed E-state index contributed by atoms with van der Waals surface area (Å²) in [5.74, 6) is 0.643. The molecule has 1 atom stereocenters. The molecule has 6 heteroatoms. The number of carbonyl (C=O) groups excluding carboxylic acids is 1. The molecule has 2 heterocycles. The zero-order valence-corrected chi connectivity index (χ0v) is 15.5. The van der Waals surface area contributed by atoms with Crippen LogP contribution in [0, 0.1) is 5.41 Å². The summed E-state index contributed by atoms with van der Waals surface area (Å²) in [7, 11) is 0. The predicted molar refractivity (Wildman–Crippen MR) is 96.4 cm³/mol. The van der Waals surface area contributed by atoms with Crippen LogP contribution in [-0.4, -0.2) is 51.3 Å². The molecule has 6 nitrogen and oxygen atoms in total. The lowest BCUT2D eigenvalue weighted by Crippen LogP contribution is -2.26. The van der Waals surface area contributed by atoms with Crippen molar-refractivity contribution in [3.63, 3.8) is 0 Å². The zero-order valence-electron chi connectivity index (χ0n) is 15.5.